The smallest absolute Gasteiger partial charge is 0.164 e. The standard InChI is InChI=1S/C37H23N3O/c1-3-12-25(13-4-1)35-38-36(26-14-5-2-6-15-26)40-37(39-35)27-21-22-32-31(23-27)34-30(19-10-20-33(34)41-32)29-18-9-16-24-11-7-8-17-28(24)29/h1-23H. The molecule has 0 saturated heterocycles. The van der Waals surface area contributed by atoms with Gasteiger partial charge in [-0.3, -0.25) is 0 Å². The third kappa shape index (κ3) is 4.05. The molecule has 0 fully saturated rings. The van der Waals surface area contributed by atoms with Crippen LogP contribution in [0, 0.1) is 0 Å². The van der Waals surface area contributed by atoms with E-state index in [-0.39, 0.29) is 0 Å². The first-order chi connectivity index (χ1) is 20.3. The zero-order valence-corrected chi connectivity index (χ0v) is 22.0. The van der Waals surface area contributed by atoms with Crippen LogP contribution in [0.15, 0.2) is 144 Å². The number of fused-ring (bicyclic) bond motifs is 4. The molecule has 192 valence electrons. The van der Waals surface area contributed by atoms with E-state index in [2.05, 4.69) is 60.7 Å². The minimum atomic E-state index is 0.622. The number of hydrogen-bond acceptors (Lipinski definition) is 4. The van der Waals surface area contributed by atoms with Crippen molar-refractivity contribution in [3.8, 4) is 45.3 Å². The van der Waals surface area contributed by atoms with Crippen LogP contribution in [0.25, 0.3) is 78.0 Å². The Labute approximate surface area is 236 Å². The van der Waals surface area contributed by atoms with E-state index < -0.39 is 0 Å². The van der Waals surface area contributed by atoms with Gasteiger partial charge in [-0.25, -0.2) is 15.0 Å². The van der Waals surface area contributed by atoms with Gasteiger partial charge in [0.05, 0.1) is 0 Å². The number of aromatic nitrogens is 3. The van der Waals surface area contributed by atoms with Gasteiger partial charge in [0.25, 0.3) is 0 Å². The summed E-state index contributed by atoms with van der Waals surface area (Å²) in [4.78, 5) is 14.7. The quantitative estimate of drug-likeness (QED) is 0.230. The molecule has 8 rings (SSSR count). The van der Waals surface area contributed by atoms with E-state index >= 15 is 0 Å². The average Bonchev–Trinajstić information content (AvgIpc) is 3.43. The van der Waals surface area contributed by atoms with E-state index in [9.17, 15) is 0 Å². The summed E-state index contributed by atoms with van der Waals surface area (Å²) in [6.07, 6.45) is 0. The van der Waals surface area contributed by atoms with Gasteiger partial charge in [0.1, 0.15) is 11.2 Å². The summed E-state index contributed by atoms with van der Waals surface area (Å²) in [5.41, 5.74) is 6.80. The third-order valence-electron chi connectivity index (χ3n) is 7.53. The maximum Gasteiger partial charge on any atom is 0.164 e. The number of benzene rings is 6. The first-order valence-electron chi connectivity index (χ1n) is 13.6. The number of hydrogen-bond donors (Lipinski definition) is 0. The Morgan fingerprint density at radius 3 is 1.71 bits per heavy atom. The van der Waals surface area contributed by atoms with Crippen molar-refractivity contribution in [2.45, 2.75) is 0 Å². The van der Waals surface area contributed by atoms with E-state index in [1.54, 1.807) is 0 Å². The summed E-state index contributed by atoms with van der Waals surface area (Å²) in [5, 5.41) is 4.54. The van der Waals surface area contributed by atoms with Gasteiger partial charge in [-0.05, 0) is 46.2 Å². The summed E-state index contributed by atoms with van der Waals surface area (Å²) < 4.78 is 6.35. The van der Waals surface area contributed by atoms with Crippen molar-refractivity contribution in [3.63, 3.8) is 0 Å². The SMILES string of the molecule is c1ccc(-c2nc(-c3ccccc3)nc(-c3ccc4oc5cccc(-c6cccc7ccccc67)c5c4c3)n2)cc1. The molecule has 0 atom stereocenters. The molecule has 6 aromatic carbocycles. The van der Waals surface area contributed by atoms with Crippen LogP contribution in [0.2, 0.25) is 0 Å². The van der Waals surface area contributed by atoms with E-state index in [0.717, 1.165) is 44.2 Å². The number of nitrogens with zero attached hydrogens (tertiary/aromatic N) is 3. The highest BCUT2D eigenvalue weighted by atomic mass is 16.3. The summed E-state index contributed by atoms with van der Waals surface area (Å²) in [5.74, 6) is 1.91. The molecule has 0 amide bonds. The Morgan fingerprint density at radius 1 is 0.390 bits per heavy atom. The fraction of sp³-hybridized carbons (Fsp3) is 0. The molecular weight excluding hydrogens is 502 g/mol. The molecule has 0 spiro atoms. The predicted octanol–water partition coefficient (Wildman–Crippen LogP) is 9.59. The molecule has 4 nitrogen and oxygen atoms in total. The topological polar surface area (TPSA) is 51.8 Å². The fourth-order valence-electron chi connectivity index (χ4n) is 5.59. The largest absolute Gasteiger partial charge is 0.456 e. The van der Waals surface area contributed by atoms with Gasteiger partial charge in [-0.2, -0.15) is 0 Å². The molecule has 4 heteroatoms. The zero-order chi connectivity index (χ0) is 27.2. The van der Waals surface area contributed by atoms with Crippen LogP contribution in [-0.4, -0.2) is 15.0 Å². The second kappa shape index (κ2) is 9.54. The summed E-state index contributed by atoms with van der Waals surface area (Å²) in [7, 11) is 0. The Hall–Kier alpha value is -5.61. The van der Waals surface area contributed by atoms with E-state index in [0.29, 0.717) is 17.5 Å². The van der Waals surface area contributed by atoms with Crippen LogP contribution in [0.3, 0.4) is 0 Å². The molecule has 8 aromatic rings. The summed E-state index contributed by atoms with van der Waals surface area (Å²) in [6, 6.07) is 47.5. The lowest BCUT2D eigenvalue weighted by Crippen LogP contribution is -2.00. The molecule has 0 saturated carbocycles. The average molecular weight is 526 g/mol. The molecule has 2 aromatic heterocycles. The molecule has 0 unspecified atom stereocenters. The lowest BCUT2D eigenvalue weighted by atomic mass is 9.94. The van der Waals surface area contributed by atoms with Crippen LogP contribution >= 0.6 is 0 Å². The predicted molar refractivity (Wildman–Crippen MR) is 166 cm³/mol. The summed E-state index contributed by atoms with van der Waals surface area (Å²) >= 11 is 0. The Balaban J connectivity index is 1.36. The fourth-order valence-corrected chi connectivity index (χ4v) is 5.59. The minimum Gasteiger partial charge on any atom is -0.456 e. The van der Waals surface area contributed by atoms with Crippen LogP contribution in [0.5, 0.6) is 0 Å². The molecule has 0 aliphatic rings. The second-order valence-electron chi connectivity index (χ2n) is 10.1. The van der Waals surface area contributed by atoms with Gasteiger partial charge in [-0.15, -0.1) is 0 Å². The normalized spacial score (nSPS) is 11.4. The Morgan fingerprint density at radius 2 is 0.976 bits per heavy atom. The Bertz CT molecular complexity index is 2140. The first-order valence-corrected chi connectivity index (χ1v) is 13.6. The van der Waals surface area contributed by atoms with Crippen molar-refractivity contribution in [1.29, 1.82) is 0 Å². The van der Waals surface area contributed by atoms with E-state index in [1.807, 2.05) is 78.9 Å². The molecule has 41 heavy (non-hydrogen) atoms. The van der Waals surface area contributed by atoms with Crippen molar-refractivity contribution < 1.29 is 4.42 Å². The molecule has 0 bridgehead atoms. The number of rotatable bonds is 4. The van der Waals surface area contributed by atoms with E-state index in [1.165, 1.54) is 16.3 Å². The lowest BCUT2D eigenvalue weighted by Gasteiger charge is -2.09. The van der Waals surface area contributed by atoms with E-state index in [4.69, 9.17) is 19.4 Å². The maximum atomic E-state index is 6.35. The van der Waals surface area contributed by atoms with Crippen molar-refractivity contribution in [3.05, 3.63) is 140 Å². The molecule has 0 aliphatic heterocycles. The first kappa shape index (κ1) is 23.3. The van der Waals surface area contributed by atoms with Gasteiger partial charge < -0.3 is 4.42 Å². The van der Waals surface area contributed by atoms with Gasteiger partial charge in [-0.1, -0.05) is 115 Å². The third-order valence-corrected chi connectivity index (χ3v) is 7.53. The van der Waals surface area contributed by atoms with Gasteiger partial charge in [0, 0.05) is 27.5 Å². The van der Waals surface area contributed by atoms with Crippen molar-refractivity contribution in [2.75, 3.05) is 0 Å². The van der Waals surface area contributed by atoms with Crippen LogP contribution in [0.4, 0.5) is 0 Å². The molecular formula is C37H23N3O. The highest BCUT2D eigenvalue weighted by molar-refractivity contribution is 6.15. The molecule has 0 N–H and O–H groups in total. The summed E-state index contributed by atoms with van der Waals surface area (Å²) in [6.45, 7) is 0. The molecule has 0 radical (unpaired) electrons. The van der Waals surface area contributed by atoms with Gasteiger partial charge >= 0.3 is 0 Å². The van der Waals surface area contributed by atoms with Gasteiger partial charge in [0.15, 0.2) is 17.5 Å². The minimum absolute atomic E-state index is 0.622. The van der Waals surface area contributed by atoms with Crippen molar-refractivity contribution in [2.24, 2.45) is 0 Å². The molecule has 0 aliphatic carbocycles. The monoisotopic (exact) mass is 525 g/mol. The lowest BCUT2D eigenvalue weighted by molar-refractivity contribution is 0.669. The van der Waals surface area contributed by atoms with Crippen molar-refractivity contribution in [1.82, 2.24) is 15.0 Å². The van der Waals surface area contributed by atoms with Crippen LogP contribution in [-0.2, 0) is 0 Å². The highest BCUT2D eigenvalue weighted by Gasteiger charge is 2.17. The van der Waals surface area contributed by atoms with Gasteiger partial charge in [0.2, 0.25) is 0 Å². The maximum absolute atomic E-state index is 6.35. The molecule has 2 heterocycles. The zero-order valence-electron chi connectivity index (χ0n) is 22.0. The Kier molecular flexibility index (Phi) is 5.42. The van der Waals surface area contributed by atoms with Crippen molar-refractivity contribution >= 4 is 32.7 Å². The number of furan rings is 1. The van der Waals surface area contributed by atoms with Crippen LogP contribution < -0.4 is 0 Å². The second-order valence-corrected chi connectivity index (χ2v) is 10.1. The van der Waals surface area contributed by atoms with Crippen LogP contribution in [0.1, 0.15) is 0 Å². The highest BCUT2D eigenvalue weighted by Crippen LogP contribution is 2.40.